The molecule has 104 valence electrons. The average molecular weight is 295 g/mol. The molecule has 0 spiro atoms. The Hall–Kier alpha value is -2.00. The van der Waals surface area contributed by atoms with Gasteiger partial charge in [-0.05, 0) is 6.07 Å². The summed E-state index contributed by atoms with van der Waals surface area (Å²) in [6, 6.07) is 1.98. The first-order chi connectivity index (χ1) is 8.86. The first-order valence-corrected chi connectivity index (χ1v) is 5.25. The van der Waals surface area contributed by atoms with E-state index in [0.29, 0.717) is 0 Å². The number of nitro benzene ring substituents is 1. The average Bonchev–Trinajstić information content (AvgIpc) is 2.34. The van der Waals surface area contributed by atoms with Crippen LogP contribution in [0.1, 0.15) is 10.4 Å². The van der Waals surface area contributed by atoms with Gasteiger partial charge < -0.3 is 10.7 Å². The highest BCUT2D eigenvalue weighted by Crippen LogP contribution is 2.32. The Labute approximate surface area is 110 Å². The van der Waals surface area contributed by atoms with E-state index in [-0.39, 0.29) is 16.3 Å². The molecule has 1 aromatic rings. The van der Waals surface area contributed by atoms with Gasteiger partial charge in [0.2, 0.25) is 0 Å². The van der Waals surface area contributed by atoms with Gasteiger partial charge in [-0.25, -0.2) is 8.78 Å². The van der Waals surface area contributed by atoms with E-state index in [4.69, 9.17) is 17.4 Å². The maximum atomic E-state index is 11.9. The normalized spacial score (nSPS) is 10.4. The standard InChI is InChI=1S/C9H9ClF2N4O3/c10-5-1-4(9(17)14-3-7(11)12)2-6(16(18)19)8(5)15-13/h1-2,7,15H,3,13H2,(H,14,17). The van der Waals surface area contributed by atoms with Gasteiger partial charge in [-0.2, -0.15) is 0 Å². The van der Waals surface area contributed by atoms with Crippen LogP contribution in [0.3, 0.4) is 0 Å². The number of nitrogens with two attached hydrogens (primary N) is 1. The molecular formula is C9H9ClF2N4O3. The Kier molecular flexibility index (Phi) is 4.95. The number of alkyl halides is 2. The van der Waals surface area contributed by atoms with E-state index in [1.165, 1.54) is 0 Å². The van der Waals surface area contributed by atoms with Crippen molar-refractivity contribution in [1.29, 1.82) is 0 Å². The monoisotopic (exact) mass is 294 g/mol. The summed E-state index contributed by atoms with van der Waals surface area (Å²) in [6.45, 7) is -0.860. The number of nitrogen functional groups attached to an aromatic ring is 1. The van der Waals surface area contributed by atoms with Crippen LogP contribution in [-0.2, 0) is 0 Å². The minimum Gasteiger partial charge on any atom is -0.346 e. The van der Waals surface area contributed by atoms with E-state index in [2.05, 4.69) is 0 Å². The quantitative estimate of drug-likeness (QED) is 0.433. The van der Waals surface area contributed by atoms with E-state index < -0.39 is 29.5 Å². The highest BCUT2D eigenvalue weighted by atomic mass is 35.5. The molecule has 0 radical (unpaired) electrons. The van der Waals surface area contributed by atoms with E-state index in [0.717, 1.165) is 12.1 Å². The van der Waals surface area contributed by atoms with Crippen LogP contribution in [0.2, 0.25) is 5.02 Å². The van der Waals surface area contributed by atoms with Crippen LogP contribution in [0.25, 0.3) is 0 Å². The lowest BCUT2D eigenvalue weighted by atomic mass is 10.1. The van der Waals surface area contributed by atoms with E-state index >= 15 is 0 Å². The third-order valence-electron chi connectivity index (χ3n) is 2.09. The molecule has 0 saturated carbocycles. The Morgan fingerprint density at radius 2 is 2.16 bits per heavy atom. The lowest BCUT2D eigenvalue weighted by molar-refractivity contribution is -0.384. The summed E-state index contributed by atoms with van der Waals surface area (Å²) >= 11 is 5.71. The zero-order valence-electron chi connectivity index (χ0n) is 9.32. The van der Waals surface area contributed by atoms with Crippen molar-refractivity contribution >= 4 is 28.9 Å². The molecule has 4 N–H and O–H groups in total. The molecular weight excluding hydrogens is 286 g/mol. The Balaban J connectivity index is 3.10. The summed E-state index contributed by atoms with van der Waals surface area (Å²) in [6.07, 6.45) is -2.72. The number of nitro groups is 1. The number of carbonyl (C=O) groups excluding carboxylic acids is 1. The summed E-state index contributed by atoms with van der Waals surface area (Å²) in [4.78, 5) is 21.5. The molecule has 7 nitrogen and oxygen atoms in total. The van der Waals surface area contributed by atoms with Crippen LogP contribution in [0.15, 0.2) is 12.1 Å². The first-order valence-electron chi connectivity index (χ1n) is 4.87. The van der Waals surface area contributed by atoms with Gasteiger partial charge in [0.05, 0.1) is 16.5 Å². The van der Waals surface area contributed by atoms with Crippen LogP contribution in [-0.4, -0.2) is 23.8 Å². The number of nitrogens with one attached hydrogen (secondary N) is 2. The number of rotatable bonds is 5. The number of carbonyl (C=O) groups is 1. The second kappa shape index (κ2) is 6.25. The molecule has 0 heterocycles. The van der Waals surface area contributed by atoms with Gasteiger partial charge >= 0.3 is 0 Å². The van der Waals surface area contributed by atoms with Crippen molar-refractivity contribution in [3.05, 3.63) is 32.8 Å². The van der Waals surface area contributed by atoms with Gasteiger partial charge in [0.1, 0.15) is 5.69 Å². The summed E-state index contributed by atoms with van der Waals surface area (Å²) in [5, 5.41) is 12.5. The predicted octanol–water partition coefficient (Wildman–Crippen LogP) is 1.53. The second-order valence-electron chi connectivity index (χ2n) is 3.35. The molecule has 0 saturated heterocycles. The SMILES string of the molecule is NNc1c(Cl)cc(C(=O)NCC(F)F)cc1[N+](=O)[O-]. The number of hydrogen-bond donors (Lipinski definition) is 3. The van der Waals surface area contributed by atoms with Gasteiger partial charge in [-0.15, -0.1) is 0 Å². The molecule has 1 aromatic carbocycles. The van der Waals surface area contributed by atoms with Gasteiger partial charge in [-0.1, -0.05) is 11.6 Å². The molecule has 0 aliphatic heterocycles. The fourth-order valence-electron chi connectivity index (χ4n) is 1.28. The van der Waals surface area contributed by atoms with Crippen molar-refractivity contribution in [3.63, 3.8) is 0 Å². The molecule has 0 aliphatic carbocycles. The molecule has 0 aromatic heterocycles. The van der Waals surface area contributed by atoms with Crippen LogP contribution in [0.5, 0.6) is 0 Å². The smallest absolute Gasteiger partial charge is 0.295 e. The fourth-order valence-corrected chi connectivity index (χ4v) is 1.55. The van der Waals surface area contributed by atoms with Crippen LogP contribution >= 0.6 is 11.6 Å². The molecule has 1 amide bonds. The largest absolute Gasteiger partial charge is 0.346 e. The van der Waals surface area contributed by atoms with Gasteiger partial charge in [0.25, 0.3) is 18.0 Å². The number of benzene rings is 1. The molecule has 0 unspecified atom stereocenters. The van der Waals surface area contributed by atoms with E-state index in [9.17, 15) is 23.7 Å². The number of amides is 1. The maximum absolute atomic E-state index is 11.9. The molecule has 0 atom stereocenters. The van der Waals surface area contributed by atoms with Gasteiger partial charge in [0, 0.05) is 11.6 Å². The molecule has 0 bridgehead atoms. The zero-order valence-corrected chi connectivity index (χ0v) is 10.1. The highest BCUT2D eigenvalue weighted by molar-refractivity contribution is 6.34. The highest BCUT2D eigenvalue weighted by Gasteiger charge is 2.21. The van der Waals surface area contributed by atoms with Crippen molar-refractivity contribution in [1.82, 2.24) is 5.32 Å². The Morgan fingerprint density at radius 1 is 1.53 bits per heavy atom. The van der Waals surface area contributed by atoms with Crippen LogP contribution < -0.4 is 16.6 Å². The summed E-state index contributed by atoms with van der Waals surface area (Å²) in [7, 11) is 0. The van der Waals surface area contributed by atoms with Crippen molar-refractivity contribution in [2.45, 2.75) is 6.43 Å². The summed E-state index contributed by atoms with van der Waals surface area (Å²) < 4.78 is 23.9. The summed E-state index contributed by atoms with van der Waals surface area (Å²) in [5.74, 6) is 4.18. The molecule has 0 fully saturated rings. The topological polar surface area (TPSA) is 110 Å². The third kappa shape index (κ3) is 3.73. The van der Waals surface area contributed by atoms with Crippen molar-refractivity contribution in [2.75, 3.05) is 12.0 Å². The van der Waals surface area contributed by atoms with E-state index in [1.54, 1.807) is 0 Å². The predicted molar refractivity (Wildman–Crippen MR) is 64.3 cm³/mol. The lowest BCUT2D eigenvalue weighted by Crippen LogP contribution is -2.28. The second-order valence-corrected chi connectivity index (χ2v) is 3.76. The molecule has 10 heteroatoms. The number of nitrogens with zero attached hydrogens (tertiary/aromatic N) is 1. The number of halogens is 3. The zero-order chi connectivity index (χ0) is 14.6. The molecule has 19 heavy (non-hydrogen) atoms. The van der Waals surface area contributed by atoms with Crippen molar-refractivity contribution in [3.8, 4) is 0 Å². The van der Waals surface area contributed by atoms with Crippen molar-refractivity contribution in [2.24, 2.45) is 5.84 Å². The number of hydrogen-bond acceptors (Lipinski definition) is 5. The van der Waals surface area contributed by atoms with Gasteiger partial charge in [0.15, 0.2) is 0 Å². The fraction of sp³-hybridized carbons (Fsp3) is 0.222. The Morgan fingerprint density at radius 3 is 2.63 bits per heavy atom. The first kappa shape index (κ1) is 15.1. The Bertz CT molecular complexity index is 512. The van der Waals surface area contributed by atoms with Crippen LogP contribution in [0.4, 0.5) is 20.2 Å². The lowest BCUT2D eigenvalue weighted by Gasteiger charge is -2.08. The van der Waals surface area contributed by atoms with Gasteiger partial charge in [-0.3, -0.25) is 20.8 Å². The number of anilines is 1. The molecule has 0 aliphatic rings. The number of hydrazine groups is 1. The minimum atomic E-state index is -2.72. The minimum absolute atomic E-state index is 0.168. The van der Waals surface area contributed by atoms with Crippen LogP contribution in [0, 0.1) is 10.1 Å². The van der Waals surface area contributed by atoms with E-state index in [1.807, 2.05) is 10.7 Å². The molecule has 1 rings (SSSR count). The summed E-state index contributed by atoms with van der Waals surface area (Å²) in [5.41, 5.74) is 1.12. The van der Waals surface area contributed by atoms with Crippen molar-refractivity contribution < 1.29 is 18.5 Å². The maximum Gasteiger partial charge on any atom is 0.295 e. The third-order valence-corrected chi connectivity index (χ3v) is 2.39.